The van der Waals surface area contributed by atoms with Crippen LogP contribution in [0.5, 0.6) is 0 Å². The molecular weight excluding hydrogens is 2460 g/mol. The third-order valence-corrected chi connectivity index (χ3v) is 21.7. The Hall–Kier alpha value is -9.87. The van der Waals surface area contributed by atoms with E-state index >= 15 is 0 Å². The van der Waals surface area contributed by atoms with Crippen molar-refractivity contribution in [2.45, 2.75) is 134 Å². The second-order valence-electron chi connectivity index (χ2n) is 30.7. The van der Waals surface area contributed by atoms with Crippen molar-refractivity contribution in [1.29, 1.82) is 0 Å². The van der Waals surface area contributed by atoms with Crippen LogP contribution in [0.2, 0.25) is 0 Å². The molecule has 652 valence electrons. The molecule has 0 aliphatic rings. The monoisotopic (exact) mass is 2540 g/mol. The van der Waals surface area contributed by atoms with E-state index in [9.17, 15) is 0 Å². The Balaban J connectivity index is 0.000000184. The zero-order valence-corrected chi connectivity index (χ0v) is 87.0. The molecule has 28 heteroatoms. The zero-order chi connectivity index (χ0) is 88.2. The van der Waals surface area contributed by atoms with Crippen LogP contribution in [0, 0.1) is 41.5 Å². The summed E-state index contributed by atoms with van der Waals surface area (Å²) in [6.45, 7) is 25.6. The fourth-order valence-corrected chi connectivity index (χ4v) is 13.6. The number of hydrogen-bond donors (Lipinski definition) is 0. The number of pyridine rings is 8. The van der Waals surface area contributed by atoms with Crippen LogP contribution < -0.4 is 0 Å². The Morgan fingerprint density at radius 1 is 0.219 bits per heavy atom. The molecule has 12 heterocycles. The standard InChI is InChI=1S/C26H20N2.C18H24N2.2C12H12N2.4C8H6N2S2.4Pt/c1-17-15-23(19-9-5-3-6-10-19)21-13-14-22-24(20-11-7-4-8-12-20)16-18(2)28-26(22)25(21)27-17;1-17(2,3)13-7-9-19-15(11-13)16-12-14(8-10-20-16)18(4,5)6;1-9-3-5-13-11(7-9)12-8-10(2)4-6-14-12;1-9-3-5-11(13-7-9)12-6-4-10(2)8-14-12;4*11-7-8(12)10-6-4-2-1-3-5(6)9-7;;;;/h3-16H,1-2H3;7-12H,1-6H3;2*3-8H,1-2H3;4*1-4H,(H,9,11)(H,10,12);;;;/q;;;;;;;;4*+2/p-8. The van der Waals surface area contributed by atoms with Crippen LogP contribution in [-0.2, 0) is 196 Å². The third kappa shape index (κ3) is 28.8. The molecule has 0 aliphatic heterocycles. The molecule has 0 fully saturated rings. The maximum atomic E-state index is 4.90. The van der Waals surface area contributed by atoms with Gasteiger partial charge in [-0.2, -0.15) is 0 Å². The number of benzene rings is 7. The molecule has 19 rings (SSSR count). The molecule has 0 amide bonds. The summed E-state index contributed by atoms with van der Waals surface area (Å²) in [6, 6.07) is 84.4. The van der Waals surface area contributed by atoms with E-state index in [-0.39, 0.29) is 95.1 Å². The van der Waals surface area contributed by atoms with E-state index in [1.54, 1.807) is 0 Å². The number of fused-ring (bicyclic) bond motifs is 7. The quantitative estimate of drug-likeness (QED) is 0.116. The molecule has 0 saturated heterocycles. The van der Waals surface area contributed by atoms with Gasteiger partial charge >= 0.3 is 84.3 Å². The van der Waals surface area contributed by atoms with Crippen molar-refractivity contribution in [3.8, 4) is 56.4 Å². The van der Waals surface area contributed by atoms with Crippen molar-refractivity contribution in [1.82, 2.24) is 79.7 Å². The first-order valence-electron chi connectivity index (χ1n) is 39.4. The van der Waals surface area contributed by atoms with Crippen LogP contribution in [-0.4, -0.2) is 79.7 Å². The summed E-state index contributed by atoms with van der Waals surface area (Å²) in [6.07, 6.45) is 11.1. The Morgan fingerprint density at radius 3 is 0.695 bits per heavy atom. The average molecular weight is 2550 g/mol. The number of aromatic nitrogens is 16. The van der Waals surface area contributed by atoms with Crippen molar-refractivity contribution in [2.24, 2.45) is 0 Å². The summed E-state index contributed by atoms with van der Waals surface area (Å²) in [5.41, 5.74) is 28.4. The van der Waals surface area contributed by atoms with Crippen molar-refractivity contribution < 1.29 is 84.3 Å². The Morgan fingerprint density at radius 2 is 0.461 bits per heavy atom. The summed E-state index contributed by atoms with van der Waals surface area (Å²) < 4.78 is 0. The third-order valence-electron chi connectivity index (χ3n) is 18.9. The summed E-state index contributed by atoms with van der Waals surface area (Å²) in [5, 5.41) is 5.53. The predicted octanol–water partition coefficient (Wildman–Crippen LogP) is 22.7. The van der Waals surface area contributed by atoms with Crippen LogP contribution in [0.15, 0.2) is 332 Å². The van der Waals surface area contributed by atoms with Gasteiger partial charge < -0.3 is 101 Å². The van der Waals surface area contributed by atoms with E-state index in [1.807, 2.05) is 209 Å². The first kappa shape index (κ1) is 104. The van der Waals surface area contributed by atoms with Crippen LogP contribution >= 0.6 is 0 Å². The number of aryl methyl sites for hydroxylation is 6. The molecule has 12 aromatic heterocycles. The first-order valence-corrected chi connectivity index (χ1v) is 42.7. The SMILES string of the molecule is CC(C)(C)c1ccnc(-c2cc(C(C)(C)C)ccn2)c1.Cc1cc(-c2ccccc2)c2ccc3c(-c4ccccc4)cc(C)nc3c2n1.Cc1ccc(-c2ccc(C)cn2)nc1.Cc1ccnc(-c2cc(C)ccn2)c1.[Pt+2].[Pt+2].[Pt+2].[Pt+2].[S-]c1nc2ccccc2nc1[S-].[S-]c1nc2ccccc2nc1[S-].[S-]c1nc2ccccc2nc1[S-].[S-]c1nc2ccccc2nc1[S-]. The zero-order valence-electron chi connectivity index (χ0n) is 71.4. The van der Waals surface area contributed by atoms with Gasteiger partial charge in [0.25, 0.3) is 0 Å². The molecule has 0 aliphatic carbocycles. The molecule has 0 bridgehead atoms. The summed E-state index contributed by atoms with van der Waals surface area (Å²) in [7, 11) is 0. The molecule has 0 radical (unpaired) electrons. The molecule has 7 aromatic carbocycles. The summed E-state index contributed by atoms with van der Waals surface area (Å²) in [4.78, 5) is 69.0. The smallest absolute Gasteiger partial charge is 0.760 e. The summed E-state index contributed by atoms with van der Waals surface area (Å²) in [5.74, 6) is 0. The largest absolute Gasteiger partial charge is 2.00 e. The van der Waals surface area contributed by atoms with Gasteiger partial charge in [0.2, 0.25) is 0 Å². The maximum Gasteiger partial charge on any atom is 2.00 e. The number of hydrogen-bond acceptors (Lipinski definition) is 24. The van der Waals surface area contributed by atoms with Crippen molar-refractivity contribution in [3.63, 3.8) is 0 Å². The fourth-order valence-electron chi connectivity index (χ4n) is 12.5. The number of nitrogens with zero attached hydrogens (tertiary/aromatic N) is 16. The van der Waals surface area contributed by atoms with E-state index in [0.717, 1.165) is 111 Å². The van der Waals surface area contributed by atoms with E-state index in [2.05, 4.69) is 236 Å². The molecule has 128 heavy (non-hydrogen) atoms. The van der Waals surface area contributed by atoms with E-state index in [1.165, 1.54) is 55.6 Å². The Bertz CT molecular complexity index is 6190. The van der Waals surface area contributed by atoms with E-state index in [0.29, 0.717) is 40.2 Å². The molecular formula is C100H84N16Pt4S8. The predicted molar refractivity (Wildman–Crippen MR) is 519 cm³/mol. The van der Waals surface area contributed by atoms with Gasteiger partial charge in [0.15, 0.2) is 0 Å². The van der Waals surface area contributed by atoms with Gasteiger partial charge in [-0.3, -0.25) is 79.7 Å². The van der Waals surface area contributed by atoms with Crippen molar-refractivity contribution in [2.75, 3.05) is 0 Å². The van der Waals surface area contributed by atoms with Gasteiger partial charge in [0.1, 0.15) is 0 Å². The van der Waals surface area contributed by atoms with Crippen molar-refractivity contribution in [3.05, 3.63) is 337 Å². The molecule has 0 saturated carbocycles. The van der Waals surface area contributed by atoms with Crippen LogP contribution in [0.25, 0.3) is 122 Å². The normalized spacial score (nSPS) is 10.5. The number of rotatable bonds is 5. The molecule has 19 aromatic rings. The van der Waals surface area contributed by atoms with E-state index < -0.39 is 0 Å². The van der Waals surface area contributed by atoms with Crippen molar-refractivity contribution >= 4 is 167 Å². The van der Waals surface area contributed by atoms with Crippen LogP contribution in [0.1, 0.15) is 86.3 Å². The maximum absolute atomic E-state index is 4.90. The average Bonchev–Trinajstić information content (AvgIpc) is 0.744. The Kier molecular flexibility index (Phi) is 39.4. The first-order chi connectivity index (χ1) is 59.5. The van der Waals surface area contributed by atoms with Gasteiger partial charge in [0.05, 0.1) is 89.3 Å². The van der Waals surface area contributed by atoms with E-state index in [4.69, 9.17) is 111 Å². The topological polar surface area (TPSA) is 206 Å². The summed E-state index contributed by atoms with van der Waals surface area (Å²) >= 11 is 39.2. The number of para-hydroxylation sites is 8. The van der Waals surface area contributed by atoms with Gasteiger partial charge in [-0.1, -0.05) is 215 Å². The minimum Gasteiger partial charge on any atom is -0.760 e. The minimum absolute atomic E-state index is 0. The molecule has 0 atom stereocenters. The van der Waals surface area contributed by atoms with Gasteiger partial charge in [-0.05, 0) is 229 Å². The van der Waals surface area contributed by atoms with Gasteiger partial charge in [-0.25, -0.2) is 0 Å². The second-order valence-corrected chi connectivity index (χ2v) is 33.8. The molecule has 16 nitrogen and oxygen atoms in total. The van der Waals surface area contributed by atoms with Crippen LogP contribution in [0.3, 0.4) is 0 Å². The molecule has 0 N–H and O–H groups in total. The van der Waals surface area contributed by atoms with Gasteiger partial charge in [-0.15, -0.1) is 0 Å². The molecule has 0 spiro atoms. The molecule has 0 unspecified atom stereocenters. The fraction of sp³-hybridized carbons (Fsp3) is 0.140. The Labute approximate surface area is 849 Å². The van der Waals surface area contributed by atoms with Gasteiger partial charge in [0, 0.05) is 59.3 Å². The second kappa shape index (κ2) is 48.7. The minimum atomic E-state index is 0. The van der Waals surface area contributed by atoms with Crippen LogP contribution in [0.4, 0.5) is 0 Å².